The smallest absolute Gasteiger partial charge is 0.423 e. The van der Waals surface area contributed by atoms with Crippen LogP contribution in [0.25, 0.3) is 0 Å². The maximum Gasteiger partial charge on any atom is 0.423 e. The molecule has 0 N–H and O–H groups in total. The minimum absolute atomic E-state index is 0.0569. The largest absolute Gasteiger partial charge is 0.490 e. The quantitative estimate of drug-likeness (QED) is 0.366. The lowest BCUT2D eigenvalue weighted by Gasteiger charge is -2.37. The van der Waals surface area contributed by atoms with E-state index < -0.39 is 22.4 Å². The fourth-order valence-corrected chi connectivity index (χ4v) is 5.07. The van der Waals surface area contributed by atoms with Crippen LogP contribution in [-0.2, 0) is 11.0 Å². The molecule has 0 aromatic heterocycles. The molecule has 4 rings (SSSR count). The van der Waals surface area contributed by atoms with E-state index >= 15 is 0 Å². The number of amides is 1. The number of alkyl halides is 3. The topological polar surface area (TPSA) is 79.2 Å². The van der Waals surface area contributed by atoms with Gasteiger partial charge in [0.2, 0.25) is 5.91 Å². The lowest BCUT2D eigenvalue weighted by atomic mass is 10.1. The second kappa shape index (κ2) is 12.0. The van der Waals surface area contributed by atoms with Crippen molar-refractivity contribution in [2.24, 2.45) is 0 Å². The minimum Gasteiger partial charge on any atom is -0.490 e. The highest BCUT2D eigenvalue weighted by atomic mass is 19.4. The average molecular weight is 523 g/mol. The number of carbonyl (C=O) groups is 1. The predicted molar refractivity (Wildman–Crippen MR) is 132 cm³/mol. The number of piperazine rings is 1. The van der Waals surface area contributed by atoms with Crippen LogP contribution in [-0.4, -0.2) is 77.4 Å². The van der Waals surface area contributed by atoms with Crippen molar-refractivity contribution >= 4 is 11.6 Å². The Kier molecular flexibility index (Phi) is 8.73. The number of nitro groups is 1. The zero-order valence-corrected chi connectivity index (χ0v) is 20.8. The second-order valence-electron chi connectivity index (χ2n) is 9.67. The SMILES string of the molecule is O=C(CCCN1CCN(C2=CCCC=C2)CC1)N1CCC(Oc2ccc([N+](=O)[O-])c(C(F)(F)F)c2)CC1. The fraction of sp³-hybridized carbons (Fsp3) is 0.577. The number of nitrogens with zero attached hydrogens (tertiary/aromatic N) is 4. The third-order valence-corrected chi connectivity index (χ3v) is 7.15. The van der Waals surface area contributed by atoms with E-state index in [1.165, 1.54) is 11.8 Å². The van der Waals surface area contributed by atoms with Gasteiger partial charge in [0.1, 0.15) is 17.4 Å². The third kappa shape index (κ3) is 7.24. The molecule has 3 aliphatic rings. The molecule has 0 spiro atoms. The average Bonchev–Trinajstić information content (AvgIpc) is 2.89. The normalized spacial score (nSPS) is 19.6. The summed E-state index contributed by atoms with van der Waals surface area (Å²) in [4.78, 5) is 29.2. The monoisotopic (exact) mass is 522 g/mol. The predicted octanol–water partition coefficient (Wildman–Crippen LogP) is 4.62. The molecule has 0 unspecified atom stereocenters. The number of likely N-dealkylation sites (tertiary alicyclic amines) is 1. The summed E-state index contributed by atoms with van der Waals surface area (Å²) in [5.41, 5.74) is -1.00. The Balaban J connectivity index is 1.16. The molecular weight excluding hydrogens is 489 g/mol. The molecule has 1 aromatic carbocycles. The van der Waals surface area contributed by atoms with Crippen molar-refractivity contribution in [1.29, 1.82) is 0 Å². The molecule has 8 nitrogen and oxygen atoms in total. The van der Waals surface area contributed by atoms with Crippen molar-refractivity contribution in [2.45, 2.75) is 50.8 Å². The van der Waals surface area contributed by atoms with Gasteiger partial charge >= 0.3 is 6.18 Å². The number of hydrogen-bond donors (Lipinski definition) is 0. The van der Waals surface area contributed by atoms with E-state index in [-0.39, 0.29) is 17.8 Å². The van der Waals surface area contributed by atoms with Crippen molar-refractivity contribution in [2.75, 3.05) is 45.8 Å². The number of hydrogen-bond acceptors (Lipinski definition) is 6. The molecular formula is C26H33F3N4O4. The molecule has 0 bridgehead atoms. The van der Waals surface area contributed by atoms with Crippen LogP contribution in [0.15, 0.2) is 42.1 Å². The zero-order chi connectivity index (χ0) is 26.4. The molecule has 0 atom stereocenters. The zero-order valence-electron chi connectivity index (χ0n) is 20.8. The van der Waals surface area contributed by atoms with E-state index in [1.807, 2.05) is 0 Å². The van der Waals surface area contributed by atoms with Gasteiger partial charge in [0, 0.05) is 70.3 Å². The van der Waals surface area contributed by atoms with Gasteiger partial charge in [-0.2, -0.15) is 13.2 Å². The van der Waals surface area contributed by atoms with Gasteiger partial charge in [-0.3, -0.25) is 19.8 Å². The van der Waals surface area contributed by atoms with Crippen molar-refractivity contribution in [3.63, 3.8) is 0 Å². The van der Waals surface area contributed by atoms with Gasteiger partial charge in [0.25, 0.3) is 5.69 Å². The Morgan fingerprint density at radius 1 is 1.08 bits per heavy atom. The van der Waals surface area contributed by atoms with Gasteiger partial charge in [0.15, 0.2) is 0 Å². The summed E-state index contributed by atoms with van der Waals surface area (Å²) in [6.45, 7) is 5.80. The number of benzene rings is 1. The summed E-state index contributed by atoms with van der Waals surface area (Å²) in [5.74, 6) is 0.0304. The molecule has 2 fully saturated rings. The van der Waals surface area contributed by atoms with Crippen molar-refractivity contribution in [3.8, 4) is 5.75 Å². The van der Waals surface area contributed by atoms with Gasteiger partial charge in [-0.05, 0) is 44.0 Å². The van der Waals surface area contributed by atoms with Gasteiger partial charge in [0.05, 0.1) is 4.92 Å². The lowest BCUT2D eigenvalue weighted by Crippen LogP contribution is -2.46. The Morgan fingerprint density at radius 3 is 2.43 bits per heavy atom. The van der Waals surface area contributed by atoms with Crippen LogP contribution in [0.1, 0.15) is 44.1 Å². The first-order valence-electron chi connectivity index (χ1n) is 12.8. The van der Waals surface area contributed by atoms with Crippen molar-refractivity contribution in [1.82, 2.24) is 14.7 Å². The molecule has 2 heterocycles. The van der Waals surface area contributed by atoms with Crippen molar-refractivity contribution < 1.29 is 27.6 Å². The van der Waals surface area contributed by atoms with E-state index in [0.717, 1.165) is 58.1 Å². The van der Waals surface area contributed by atoms with Crippen LogP contribution in [0, 0.1) is 10.1 Å². The van der Waals surface area contributed by atoms with Gasteiger partial charge in [-0.25, -0.2) is 0 Å². The third-order valence-electron chi connectivity index (χ3n) is 7.15. The maximum absolute atomic E-state index is 13.2. The standard InChI is InChI=1S/C26H33F3N4O4/c27-26(28,29)23-19-22(8-9-24(23)33(35)36)37-21-10-13-32(14-11-21)25(34)7-4-12-30-15-17-31(18-16-30)20-5-2-1-3-6-20/h2,5-6,8-9,19,21H,1,3-4,7,10-18H2. The minimum atomic E-state index is -4.85. The first-order valence-corrected chi connectivity index (χ1v) is 12.8. The number of piperidine rings is 1. The summed E-state index contributed by atoms with van der Waals surface area (Å²) in [5, 5.41) is 10.9. The summed E-state index contributed by atoms with van der Waals surface area (Å²) in [6, 6.07) is 2.69. The Labute approximate surface area is 214 Å². The van der Waals surface area contributed by atoms with Crippen LogP contribution < -0.4 is 4.74 Å². The number of allylic oxidation sites excluding steroid dienone is 3. The highest BCUT2D eigenvalue weighted by molar-refractivity contribution is 5.76. The van der Waals surface area contributed by atoms with E-state index in [2.05, 4.69) is 28.0 Å². The second-order valence-corrected chi connectivity index (χ2v) is 9.67. The molecule has 37 heavy (non-hydrogen) atoms. The highest BCUT2D eigenvalue weighted by Crippen LogP contribution is 2.38. The van der Waals surface area contributed by atoms with E-state index in [1.54, 1.807) is 4.90 Å². The number of rotatable bonds is 8. The van der Waals surface area contributed by atoms with Crippen LogP contribution in [0.5, 0.6) is 5.75 Å². The Morgan fingerprint density at radius 2 is 1.81 bits per heavy atom. The number of carbonyl (C=O) groups excluding carboxylic acids is 1. The maximum atomic E-state index is 13.2. The Bertz CT molecular complexity index is 1030. The molecule has 0 radical (unpaired) electrons. The first kappa shape index (κ1) is 27.0. The van der Waals surface area contributed by atoms with Crippen LogP contribution in [0.3, 0.4) is 0 Å². The first-order chi connectivity index (χ1) is 17.7. The number of halogens is 3. The van der Waals surface area contributed by atoms with Crippen LogP contribution >= 0.6 is 0 Å². The molecule has 1 aliphatic carbocycles. The van der Waals surface area contributed by atoms with E-state index in [9.17, 15) is 28.1 Å². The van der Waals surface area contributed by atoms with Gasteiger partial charge in [-0.15, -0.1) is 0 Å². The van der Waals surface area contributed by atoms with E-state index in [0.29, 0.717) is 38.4 Å². The molecule has 11 heteroatoms. The molecule has 2 saturated heterocycles. The van der Waals surface area contributed by atoms with Crippen LogP contribution in [0.2, 0.25) is 0 Å². The molecule has 202 valence electrons. The summed E-state index contributed by atoms with van der Waals surface area (Å²) >= 11 is 0. The molecule has 0 saturated carbocycles. The van der Waals surface area contributed by atoms with Gasteiger partial charge < -0.3 is 14.5 Å². The highest BCUT2D eigenvalue weighted by Gasteiger charge is 2.39. The Hall–Kier alpha value is -3.08. The van der Waals surface area contributed by atoms with Crippen molar-refractivity contribution in [3.05, 3.63) is 57.8 Å². The summed E-state index contributed by atoms with van der Waals surface area (Å²) in [6.07, 6.45) is 6.00. The fourth-order valence-electron chi connectivity index (χ4n) is 5.07. The van der Waals surface area contributed by atoms with Gasteiger partial charge in [-0.1, -0.05) is 12.2 Å². The van der Waals surface area contributed by atoms with E-state index in [4.69, 9.17) is 4.74 Å². The molecule has 1 aromatic rings. The summed E-state index contributed by atoms with van der Waals surface area (Å²) < 4.78 is 45.3. The summed E-state index contributed by atoms with van der Waals surface area (Å²) in [7, 11) is 0. The number of nitro benzene ring substituents is 1. The lowest BCUT2D eigenvalue weighted by molar-refractivity contribution is -0.388. The van der Waals surface area contributed by atoms with Crippen LogP contribution in [0.4, 0.5) is 18.9 Å². The number of ether oxygens (including phenoxy) is 1. The molecule has 1 amide bonds. The molecule has 2 aliphatic heterocycles.